The van der Waals surface area contributed by atoms with Gasteiger partial charge in [0.2, 0.25) is 5.91 Å². The van der Waals surface area contributed by atoms with E-state index in [2.05, 4.69) is 37.5 Å². The zero-order valence-corrected chi connectivity index (χ0v) is 10.0. The summed E-state index contributed by atoms with van der Waals surface area (Å²) >= 11 is 0. The topological polar surface area (TPSA) is 55.1 Å². The lowest BCUT2D eigenvalue weighted by atomic mass is 10.00. The molecular weight excluding hydrogens is 200 g/mol. The van der Waals surface area contributed by atoms with Crippen molar-refractivity contribution in [1.29, 1.82) is 0 Å². The van der Waals surface area contributed by atoms with Crippen LogP contribution >= 0.6 is 0 Å². The smallest absolute Gasteiger partial charge is 0.233 e. The quantitative estimate of drug-likeness (QED) is 0.345. The van der Waals surface area contributed by atoms with E-state index in [0.29, 0.717) is 6.42 Å². The molecule has 0 radical (unpaired) electrons. The van der Waals surface area contributed by atoms with Crippen LogP contribution in [0.2, 0.25) is 0 Å². The Kier molecular flexibility index (Phi) is 4.99. The largest absolute Gasteiger partial charge is 0.294 e. The number of carbonyl (C=O) groups excluding carboxylic acids is 1. The number of unbranched alkanes of at least 4 members (excludes halogenated alkanes) is 1. The SMILES string of the molecule is Cc1ccc(C)c(CCCCC(=O)NN)c1. The Hall–Kier alpha value is -1.35. The highest BCUT2D eigenvalue weighted by Crippen LogP contribution is 2.14. The summed E-state index contributed by atoms with van der Waals surface area (Å²) < 4.78 is 0. The molecule has 0 unspecified atom stereocenters. The van der Waals surface area contributed by atoms with Crippen molar-refractivity contribution in [2.75, 3.05) is 0 Å². The fourth-order valence-electron chi connectivity index (χ4n) is 1.74. The maximum absolute atomic E-state index is 10.9. The Morgan fingerprint density at radius 2 is 2.06 bits per heavy atom. The summed E-state index contributed by atoms with van der Waals surface area (Å²) in [6, 6.07) is 6.50. The highest BCUT2D eigenvalue weighted by atomic mass is 16.2. The summed E-state index contributed by atoms with van der Waals surface area (Å²) in [6.07, 6.45) is 3.46. The molecular formula is C13H20N2O. The van der Waals surface area contributed by atoms with Crippen LogP contribution in [0.4, 0.5) is 0 Å². The number of nitrogens with two attached hydrogens (primary N) is 1. The van der Waals surface area contributed by atoms with Gasteiger partial charge in [0.25, 0.3) is 0 Å². The predicted octanol–water partition coefficient (Wildman–Crippen LogP) is 2.01. The van der Waals surface area contributed by atoms with Gasteiger partial charge in [-0.2, -0.15) is 0 Å². The first kappa shape index (κ1) is 12.7. The number of benzene rings is 1. The van der Waals surface area contributed by atoms with Crippen LogP contribution in [0, 0.1) is 13.8 Å². The van der Waals surface area contributed by atoms with E-state index in [0.717, 1.165) is 19.3 Å². The molecule has 0 aliphatic heterocycles. The third-order valence-electron chi connectivity index (χ3n) is 2.77. The van der Waals surface area contributed by atoms with Gasteiger partial charge in [0.15, 0.2) is 0 Å². The van der Waals surface area contributed by atoms with E-state index in [1.54, 1.807) is 0 Å². The molecule has 0 spiro atoms. The van der Waals surface area contributed by atoms with Gasteiger partial charge in [-0.15, -0.1) is 0 Å². The molecule has 0 heterocycles. The lowest BCUT2D eigenvalue weighted by Gasteiger charge is -2.06. The molecule has 0 bridgehead atoms. The molecule has 1 aromatic carbocycles. The van der Waals surface area contributed by atoms with Crippen molar-refractivity contribution < 1.29 is 4.79 Å². The molecule has 3 N–H and O–H groups in total. The second-order valence-corrected chi connectivity index (χ2v) is 4.20. The number of hydrogen-bond acceptors (Lipinski definition) is 2. The third kappa shape index (κ3) is 4.03. The highest BCUT2D eigenvalue weighted by molar-refractivity contribution is 5.75. The average Bonchev–Trinajstić information content (AvgIpc) is 2.28. The van der Waals surface area contributed by atoms with Gasteiger partial charge in [-0.05, 0) is 44.2 Å². The molecule has 3 heteroatoms. The van der Waals surface area contributed by atoms with Crippen molar-refractivity contribution in [2.45, 2.75) is 39.5 Å². The fourth-order valence-corrected chi connectivity index (χ4v) is 1.74. The van der Waals surface area contributed by atoms with Gasteiger partial charge in [0, 0.05) is 6.42 Å². The minimum Gasteiger partial charge on any atom is -0.294 e. The van der Waals surface area contributed by atoms with Gasteiger partial charge in [0.1, 0.15) is 0 Å². The molecule has 0 aliphatic carbocycles. The molecule has 1 rings (SSSR count). The molecule has 0 saturated heterocycles. The zero-order chi connectivity index (χ0) is 12.0. The number of aryl methyl sites for hydroxylation is 3. The molecule has 88 valence electrons. The normalized spacial score (nSPS) is 10.2. The first-order valence-electron chi connectivity index (χ1n) is 5.69. The minimum atomic E-state index is -0.0824. The van der Waals surface area contributed by atoms with Crippen LogP contribution in [0.25, 0.3) is 0 Å². The van der Waals surface area contributed by atoms with E-state index in [1.807, 2.05) is 0 Å². The lowest BCUT2D eigenvalue weighted by Crippen LogP contribution is -2.29. The first-order valence-corrected chi connectivity index (χ1v) is 5.69. The summed E-state index contributed by atoms with van der Waals surface area (Å²) in [5.74, 6) is 4.93. The highest BCUT2D eigenvalue weighted by Gasteiger charge is 2.01. The van der Waals surface area contributed by atoms with Crippen molar-refractivity contribution in [3.63, 3.8) is 0 Å². The van der Waals surface area contributed by atoms with Crippen LogP contribution in [0.1, 0.15) is 36.0 Å². The summed E-state index contributed by atoms with van der Waals surface area (Å²) in [7, 11) is 0. The van der Waals surface area contributed by atoms with E-state index in [1.165, 1.54) is 16.7 Å². The molecule has 16 heavy (non-hydrogen) atoms. The van der Waals surface area contributed by atoms with Gasteiger partial charge in [-0.3, -0.25) is 10.2 Å². The number of amides is 1. The molecule has 1 aromatic rings. The standard InChI is InChI=1S/C13H20N2O/c1-10-7-8-11(2)12(9-10)5-3-4-6-13(16)15-14/h7-9H,3-6,14H2,1-2H3,(H,15,16). The van der Waals surface area contributed by atoms with Crippen LogP contribution in [0.15, 0.2) is 18.2 Å². The van der Waals surface area contributed by atoms with Crippen LogP contribution in [0.3, 0.4) is 0 Å². The Balaban J connectivity index is 2.37. The fraction of sp³-hybridized carbons (Fsp3) is 0.462. The Morgan fingerprint density at radius 1 is 1.31 bits per heavy atom. The van der Waals surface area contributed by atoms with Gasteiger partial charge in [0.05, 0.1) is 0 Å². The van der Waals surface area contributed by atoms with Gasteiger partial charge in [-0.25, -0.2) is 5.84 Å². The summed E-state index contributed by atoms with van der Waals surface area (Å²) in [5, 5.41) is 0. The second-order valence-electron chi connectivity index (χ2n) is 4.20. The van der Waals surface area contributed by atoms with Gasteiger partial charge >= 0.3 is 0 Å². The maximum Gasteiger partial charge on any atom is 0.233 e. The zero-order valence-electron chi connectivity index (χ0n) is 10.0. The third-order valence-corrected chi connectivity index (χ3v) is 2.77. The van der Waals surface area contributed by atoms with Gasteiger partial charge in [-0.1, -0.05) is 23.8 Å². The van der Waals surface area contributed by atoms with Crippen molar-refractivity contribution >= 4 is 5.91 Å². The van der Waals surface area contributed by atoms with E-state index in [4.69, 9.17) is 5.84 Å². The monoisotopic (exact) mass is 220 g/mol. The predicted molar refractivity (Wildman–Crippen MR) is 65.8 cm³/mol. The molecule has 0 aromatic heterocycles. The van der Waals surface area contributed by atoms with Crippen LogP contribution in [0.5, 0.6) is 0 Å². The lowest BCUT2D eigenvalue weighted by molar-refractivity contribution is -0.121. The van der Waals surface area contributed by atoms with Crippen molar-refractivity contribution in [3.05, 3.63) is 34.9 Å². The number of rotatable bonds is 5. The van der Waals surface area contributed by atoms with E-state index < -0.39 is 0 Å². The molecule has 0 saturated carbocycles. The number of carbonyl (C=O) groups is 1. The Morgan fingerprint density at radius 3 is 2.75 bits per heavy atom. The van der Waals surface area contributed by atoms with Crippen LogP contribution in [-0.4, -0.2) is 5.91 Å². The van der Waals surface area contributed by atoms with E-state index >= 15 is 0 Å². The van der Waals surface area contributed by atoms with Crippen molar-refractivity contribution in [2.24, 2.45) is 5.84 Å². The molecule has 0 aliphatic rings. The minimum absolute atomic E-state index is 0.0824. The van der Waals surface area contributed by atoms with E-state index in [-0.39, 0.29) is 5.91 Å². The Bertz CT molecular complexity index is 361. The van der Waals surface area contributed by atoms with E-state index in [9.17, 15) is 4.79 Å². The number of hydrogen-bond donors (Lipinski definition) is 2. The summed E-state index contributed by atoms with van der Waals surface area (Å²) in [5.41, 5.74) is 6.15. The van der Waals surface area contributed by atoms with Crippen LogP contribution in [-0.2, 0) is 11.2 Å². The number of nitrogens with one attached hydrogen (secondary N) is 1. The average molecular weight is 220 g/mol. The maximum atomic E-state index is 10.9. The van der Waals surface area contributed by atoms with Crippen molar-refractivity contribution in [3.8, 4) is 0 Å². The molecule has 0 fully saturated rings. The molecule has 3 nitrogen and oxygen atoms in total. The molecule has 1 amide bonds. The first-order chi connectivity index (χ1) is 7.63. The van der Waals surface area contributed by atoms with Crippen LogP contribution < -0.4 is 11.3 Å². The second kappa shape index (κ2) is 6.28. The summed E-state index contributed by atoms with van der Waals surface area (Å²) in [4.78, 5) is 10.9. The Labute approximate surface area is 97.0 Å². The molecule has 0 atom stereocenters. The number of hydrazine groups is 1. The van der Waals surface area contributed by atoms with Crippen molar-refractivity contribution in [1.82, 2.24) is 5.43 Å². The summed E-state index contributed by atoms with van der Waals surface area (Å²) in [6.45, 7) is 4.23. The van der Waals surface area contributed by atoms with Gasteiger partial charge < -0.3 is 0 Å².